The van der Waals surface area contributed by atoms with E-state index in [-0.39, 0.29) is 5.75 Å². The second-order valence-electron chi connectivity index (χ2n) is 14.6. The molecule has 0 amide bonds. The van der Waals surface area contributed by atoms with Gasteiger partial charge in [0.15, 0.2) is 0 Å². The molecule has 5 nitrogen and oxygen atoms in total. The van der Waals surface area contributed by atoms with Crippen molar-refractivity contribution >= 4 is 46.1 Å². The van der Waals surface area contributed by atoms with Crippen molar-refractivity contribution in [1.29, 1.82) is 0 Å². The van der Waals surface area contributed by atoms with Gasteiger partial charge in [-0.2, -0.15) is 0 Å². The van der Waals surface area contributed by atoms with Crippen LogP contribution in [0.5, 0.6) is 5.75 Å². The van der Waals surface area contributed by atoms with Gasteiger partial charge in [-0.1, -0.05) is 105 Å². The minimum Gasteiger partial charge on any atom is -0.507 e. The Labute approximate surface area is 304 Å². The highest BCUT2D eigenvalue weighted by Gasteiger charge is 2.20. The van der Waals surface area contributed by atoms with Crippen molar-refractivity contribution in [3.63, 3.8) is 0 Å². The first-order valence-corrected chi connectivity index (χ1v) is 21.2. The molecule has 3 heterocycles. The zero-order valence-corrected chi connectivity index (χ0v) is 30.7. The number of nitrogens with zero attached hydrogens (tertiary/aromatic N) is 4. The van der Waals surface area contributed by atoms with Crippen LogP contribution in [0.2, 0.25) is 19.6 Å². The molecule has 52 heavy (non-hydrogen) atoms. The first kappa shape index (κ1) is 31.7. The maximum Gasteiger partial charge on any atom is 0.144 e. The number of imidazole rings is 1. The standard InChI is InChI=1S/C46H38N4OSi/c1-49-43-20-12-17-36(32-25-31(30-13-6-5-7-14-30)26-33(27-32)40-24-22-35(29-47-40)52(2,3)4)45(43)48-46(49)39-23-21-34(28-44(39)51)50-41-18-10-8-15-37(41)38-16-9-11-19-42(38)50/h5-29,51H,1-4H3. The van der Waals surface area contributed by atoms with Gasteiger partial charge in [0.25, 0.3) is 0 Å². The molecule has 0 fully saturated rings. The number of benzene rings is 6. The Hall–Kier alpha value is -6.24. The fourth-order valence-corrected chi connectivity index (χ4v) is 8.51. The van der Waals surface area contributed by atoms with E-state index in [1.54, 1.807) is 0 Å². The predicted octanol–water partition coefficient (Wildman–Crippen LogP) is 11.0. The molecule has 0 aliphatic carbocycles. The predicted molar refractivity (Wildman–Crippen MR) is 219 cm³/mol. The van der Waals surface area contributed by atoms with Crippen molar-refractivity contribution in [2.24, 2.45) is 7.05 Å². The van der Waals surface area contributed by atoms with Crippen molar-refractivity contribution in [2.45, 2.75) is 19.6 Å². The van der Waals surface area contributed by atoms with Gasteiger partial charge in [0, 0.05) is 46.9 Å². The third kappa shape index (κ3) is 5.31. The van der Waals surface area contributed by atoms with Gasteiger partial charge in [-0.25, -0.2) is 4.98 Å². The summed E-state index contributed by atoms with van der Waals surface area (Å²) in [6.45, 7) is 7.04. The molecule has 0 bridgehead atoms. The Balaban J connectivity index is 1.17. The Bertz CT molecular complexity index is 2740. The fourth-order valence-electron chi connectivity index (χ4n) is 7.47. The number of hydrogen-bond acceptors (Lipinski definition) is 3. The molecule has 0 aliphatic heterocycles. The van der Waals surface area contributed by atoms with Crippen LogP contribution in [-0.4, -0.2) is 32.3 Å². The van der Waals surface area contributed by atoms with Gasteiger partial charge in [-0.3, -0.25) is 4.98 Å². The third-order valence-electron chi connectivity index (χ3n) is 10.2. The van der Waals surface area contributed by atoms with E-state index in [1.165, 1.54) is 16.0 Å². The molecule has 0 unspecified atom stereocenters. The zero-order chi connectivity index (χ0) is 35.6. The number of para-hydroxylation sites is 3. The van der Waals surface area contributed by atoms with Crippen LogP contribution in [0.3, 0.4) is 0 Å². The number of aryl methyl sites for hydroxylation is 1. The molecule has 0 saturated heterocycles. The van der Waals surface area contributed by atoms with Crippen molar-refractivity contribution in [3.8, 4) is 56.3 Å². The first-order chi connectivity index (χ1) is 25.2. The third-order valence-corrected chi connectivity index (χ3v) is 12.3. The topological polar surface area (TPSA) is 55.9 Å². The summed E-state index contributed by atoms with van der Waals surface area (Å²) < 4.78 is 4.29. The maximum absolute atomic E-state index is 11.6. The van der Waals surface area contributed by atoms with Crippen LogP contribution in [0.4, 0.5) is 0 Å². The van der Waals surface area contributed by atoms with Gasteiger partial charge in [0.1, 0.15) is 11.6 Å². The van der Waals surface area contributed by atoms with Crippen LogP contribution in [0.25, 0.3) is 83.4 Å². The second kappa shape index (κ2) is 12.2. The van der Waals surface area contributed by atoms with E-state index in [1.807, 2.05) is 25.2 Å². The number of rotatable bonds is 6. The van der Waals surface area contributed by atoms with E-state index in [4.69, 9.17) is 9.97 Å². The summed E-state index contributed by atoms with van der Waals surface area (Å²) in [5.41, 5.74) is 12.0. The molecule has 1 N–H and O–H groups in total. The molecule has 0 atom stereocenters. The number of fused-ring (bicyclic) bond motifs is 4. The quantitative estimate of drug-likeness (QED) is 0.177. The molecule has 0 spiro atoms. The van der Waals surface area contributed by atoms with Crippen LogP contribution in [0.15, 0.2) is 152 Å². The van der Waals surface area contributed by atoms with Crippen LogP contribution >= 0.6 is 0 Å². The van der Waals surface area contributed by atoms with Crippen LogP contribution in [0.1, 0.15) is 0 Å². The number of hydrogen-bond donors (Lipinski definition) is 1. The number of phenolic OH excluding ortho intramolecular Hbond substituents is 1. The van der Waals surface area contributed by atoms with Crippen molar-refractivity contribution in [1.82, 2.24) is 19.1 Å². The summed E-state index contributed by atoms with van der Waals surface area (Å²) in [6, 6.07) is 50.7. The lowest BCUT2D eigenvalue weighted by Gasteiger charge is -2.16. The fraction of sp³-hybridized carbons (Fsp3) is 0.0870. The van der Waals surface area contributed by atoms with Crippen LogP contribution in [-0.2, 0) is 7.05 Å². The largest absolute Gasteiger partial charge is 0.507 e. The van der Waals surface area contributed by atoms with Crippen molar-refractivity contribution < 1.29 is 5.11 Å². The maximum atomic E-state index is 11.6. The number of aromatic nitrogens is 4. The van der Waals surface area contributed by atoms with E-state index in [2.05, 4.69) is 162 Å². The van der Waals surface area contributed by atoms with Gasteiger partial charge in [0.05, 0.1) is 41.4 Å². The lowest BCUT2D eigenvalue weighted by molar-refractivity contribution is 0.476. The molecular formula is C46H38N4OSi. The van der Waals surface area contributed by atoms with Gasteiger partial charge >= 0.3 is 0 Å². The highest BCUT2D eigenvalue weighted by atomic mass is 28.3. The summed E-state index contributed by atoms with van der Waals surface area (Å²) in [6.07, 6.45) is 2.06. The Morgan fingerprint density at radius 2 is 1.21 bits per heavy atom. The zero-order valence-electron chi connectivity index (χ0n) is 29.7. The van der Waals surface area contributed by atoms with Crippen molar-refractivity contribution in [3.05, 3.63) is 152 Å². The molecule has 0 aliphatic rings. The van der Waals surface area contributed by atoms with Crippen molar-refractivity contribution in [2.75, 3.05) is 0 Å². The SMILES string of the molecule is Cn1c(-c2ccc(-n3c4ccccc4c4ccccc43)cc2O)nc2c(-c3cc(-c4ccccc4)cc(-c4ccc([Si](C)(C)C)cn4)c3)cccc21. The summed E-state index contributed by atoms with van der Waals surface area (Å²) in [5, 5.41) is 15.4. The molecule has 0 radical (unpaired) electrons. The average Bonchev–Trinajstić information content (AvgIpc) is 3.69. The lowest BCUT2D eigenvalue weighted by Crippen LogP contribution is -2.37. The second-order valence-corrected chi connectivity index (χ2v) is 19.7. The highest BCUT2D eigenvalue weighted by molar-refractivity contribution is 6.88. The monoisotopic (exact) mass is 690 g/mol. The number of aromatic hydroxyl groups is 1. The van der Waals surface area contributed by atoms with Gasteiger partial charge in [0.2, 0.25) is 0 Å². The molecule has 3 aromatic heterocycles. The molecule has 6 aromatic carbocycles. The van der Waals surface area contributed by atoms with Gasteiger partial charge < -0.3 is 14.2 Å². The minimum absolute atomic E-state index is 0.181. The van der Waals surface area contributed by atoms with E-state index in [0.717, 1.165) is 61.3 Å². The van der Waals surface area contributed by atoms with Crippen LogP contribution < -0.4 is 5.19 Å². The summed E-state index contributed by atoms with van der Waals surface area (Å²) in [7, 11) is 0.537. The highest BCUT2D eigenvalue weighted by Crippen LogP contribution is 2.39. The molecule has 0 saturated carbocycles. The van der Waals surface area contributed by atoms with Gasteiger partial charge in [-0.15, -0.1) is 0 Å². The molecular weight excluding hydrogens is 653 g/mol. The number of pyridine rings is 1. The average molecular weight is 691 g/mol. The first-order valence-electron chi connectivity index (χ1n) is 17.7. The molecule has 9 rings (SSSR count). The van der Waals surface area contributed by atoms with Gasteiger partial charge in [-0.05, 0) is 76.5 Å². The Kier molecular flexibility index (Phi) is 7.45. The molecule has 6 heteroatoms. The molecule has 9 aromatic rings. The Morgan fingerprint density at radius 3 is 1.88 bits per heavy atom. The minimum atomic E-state index is -1.48. The summed E-state index contributed by atoms with van der Waals surface area (Å²) in [5.74, 6) is 0.886. The van der Waals surface area contributed by atoms with E-state index < -0.39 is 8.07 Å². The van der Waals surface area contributed by atoms with E-state index in [0.29, 0.717) is 11.4 Å². The smallest absolute Gasteiger partial charge is 0.144 e. The van der Waals surface area contributed by atoms with E-state index in [9.17, 15) is 5.11 Å². The van der Waals surface area contributed by atoms with E-state index >= 15 is 0 Å². The summed E-state index contributed by atoms with van der Waals surface area (Å²) >= 11 is 0. The Morgan fingerprint density at radius 1 is 0.558 bits per heavy atom. The lowest BCUT2D eigenvalue weighted by atomic mass is 9.94. The summed E-state index contributed by atoms with van der Waals surface area (Å²) in [4.78, 5) is 10.2. The molecule has 252 valence electrons. The number of phenols is 1. The normalized spacial score (nSPS) is 11.9. The van der Waals surface area contributed by atoms with Crippen LogP contribution in [0, 0.1) is 0 Å².